The molecule has 0 radical (unpaired) electrons. The summed E-state index contributed by atoms with van der Waals surface area (Å²) in [5.41, 5.74) is 3.26. The number of hydrogen-bond acceptors (Lipinski definition) is 5. The van der Waals surface area contributed by atoms with Gasteiger partial charge in [-0.15, -0.1) is 0 Å². The second kappa shape index (κ2) is 15.3. The molecule has 0 aliphatic heterocycles. The molecule has 3 rings (SSSR count). The predicted molar refractivity (Wildman–Crippen MR) is 141 cm³/mol. The highest BCUT2D eigenvalue weighted by Crippen LogP contribution is 2.27. The molecule has 0 saturated carbocycles. The number of hydrogen-bond donors (Lipinski definition) is 0. The lowest BCUT2D eigenvalue weighted by Crippen LogP contribution is -2.45. The van der Waals surface area contributed by atoms with Gasteiger partial charge in [0.05, 0.1) is 38.6 Å². The highest BCUT2D eigenvalue weighted by Gasteiger charge is 2.36. The van der Waals surface area contributed by atoms with Crippen LogP contribution < -0.4 is 0 Å². The minimum absolute atomic E-state index is 0.0550. The number of ether oxygens (including phenoxy) is 4. The van der Waals surface area contributed by atoms with Crippen molar-refractivity contribution in [2.75, 3.05) is 13.7 Å². The zero-order valence-corrected chi connectivity index (χ0v) is 21.5. The molecule has 0 amide bonds. The van der Waals surface area contributed by atoms with Crippen LogP contribution >= 0.6 is 0 Å². The molecule has 0 saturated heterocycles. The standard InChI is InChI=1S/C31H38O5/c1-24(20-34-21-26-13-7-4-8-14-26)30(35-22-27-15-9-5-10-16-27)25(2)31(29(19-32)33-3)36-23-28-17-11-6-12-18-28/h4-19,24-25,29-31H,20-23H2,1-3H3/t24-,25+,29-,30-,31-/m0/s1. The van der Waals surface area contributed by atoms with Crippen LogP contribution in [0.15, 0.2) is 91.0 Å². The predicted octanol–water partition coefficient (Wildman–Crippen LogP) is 5.86. The van der Waals surface area contributed by atoms with Gasteiger partial charge < -0.3 is 23.7 Å². The Morgan fingerprint density at radius 1 is 0.667 bits per heavy atom. The van der Waals surface area contributed by atoms with Crippen LogP contribution in [0, 0.1) is 11.8 Å². The summed E-state index contributed by atoms with van der Waals surface area (Å²) in [7, 11) is 1.54. The number of carbonyl (C=O) groups excluding carboxylic acids is 1. The van der Waals surface area contributed by atoms with Gasteiger partial charge in [-0.2, -0.15) is 0 Å². The van der Waals surface area contributed by atoms with Crippen molar-refractivity contribution < 1.29 is 23.7 Å². The minimum Gasteiger partial charge on any atom is -0.376 e. The Kier molecular flexibility index (Phi) is 11.8. The van der Waals surface area contributed by atoms with Crippen molar-refractivity contribution in [3.8, 4) is 0 Å². The third-order valence-corrected chi connectivity index (χ3v) is 6.39. The van der Waals surface area contributed by atoms with Gasteiger partial charge in [0.2, 0.25) is 0 Å². The van der Waals surface area contributed by atoms with Gasteiger partial charge >= 0.3 is 0 Å². The molecule has 0 unspecified atom stereocenters. The zero-order valence-electron chi connectivity index (χ0n) is 21.5. The molecule has 3 aromatic rings. The van der Waals surface area contributed by atoms with E-state index in [4.69, 9.17) is 18.9 Å². The van der Waals surface area contributed by atoms with Crippen LogP contribution in [0.25, 0.3) is 0 Å². The summed E-state index contributed by atoms with van der Waals surface area (Å²) < 4.78 is 24.4. The maximum absolute atomic E-state index is 11.9. The third-order valence-electron chi connectivity index (χ3n) is 6.39. The Morgan fingerprint density at radius 3 is 1.56 bits per heavy atom. The van der Waals surface area contributed by atoms with Crippen molar-refractivity contribution in [1.82, 2.24) is 0 Å². The van der Waals surface area contributed by atoms with Crippen LogP contribution in [0.4, 0.5) is 0 Å². The summed E-state index contributed by atoms with van der Waals surface area (Å²) in [5.74, 6) is -0.0812. The van der Waals surface area contributed by atoms with E-state index >= 15 is 0 Å². The lowest BCUT2D eigenvalue weighted by atomic mass is 9.87. The van der Waals surface area contributed by atoms with Crippen molar-refractivity contribution in [3.63, 3.8) is 0 Å². The summed E-state index contributed by atoms with van der Waals surface area (Å²) in [6, 6.07) is 30.1. The SMILES string of the molecule is CO[C@@H](C=O)[C@@H](OCc1ccccc1)[C@H](C)[C@@H](OCc1ccccc1)[C@@H](C)COCc1ccccc1. The smallest absolute Gasteiger partial charge is 0.151 e. The molecule has 192 valence electrons. The monoisotopic (exact) mass is 490 g/mol. The quantitative estimate of drug-likeness (QED) is 0.235. The normalized spacial score (nSPS) is 15.5. The van der Waals surface area contributed by atoms with Crippen molar-refractivity contribution in [1.29, 1.82) is 0 Å². The van der Waals surface area contributed by atoms with Crippen molar-refractivity contribution in [2.45, 2.75) is 52.0 Å². The van der Waals surface area contributed by atoms with Gasteiger partial charge in [0.15, 0.2) is 6.29 Å². The van der Waals surface area contributed by atoms with Crippen molar-refractivity contribution in [2.24, 2.45) is 11.8 Å². The molecule has 0 heterocycles. The van der Waals surface area contributed by atoms with E-state index in [2.05, 4.69) is 26.0 Å². The van der Waals surface area contributed by atoms with Gasteiger partial charge in [0, 0.05) is 18.9 Å². The molecule has 3 aromatic carbocycles. The molecular formula is C31H38O5. The molecule has 0 bridgehead atoms. The fraction of sp³-hybridized carbons (Fsp3) is 0.387. The third kappa shape index (κ3) is 8.68. The molecule has 0 aliphatic rings. The fourth-order valence-corrected chi connectivity index (χ4v) is 4.40. The summed E-state index contributed by atoms with van der Waals surface area (Å²) in [5, 5.41) is 0. The van der Waals surface area contributed by atoms with Crippen LogP contribution in [0.5, 0.6) is 0 Å². The fourth-order valence-electron chi connectivity index (χ4n) is 4.40. The van der Waals surface area contributed by atoms with Gasteiger partial charge in [-0.05, 0) is 16.7 Å². The van der Waals surface area contributed by atoms with Gasteiger partial charge in [-0.3, -0.25) is 0 Å². The van der Waals surface area contributed by atoms with E-state index in [0.717, 1.165) is 23.0 Å². The Morgan fingerprint density at radius 2 is 1.11 bits per heavy atom. The largest absolute Gasteiger partial charge is 0.376 e. The number of aldehydes is 1. The summed E-state index contributed by atoms with van der Waals surface area (Å²) in [6.07, 6.45) is -0.592. The Hall–Kier alpha value is -2.83. The first-order chi connectivity index (χ1) is 17.6. The van der Waals surface area contributed by atoms with Crippen LogP contribution in [0.2, 0.25) is 0 Å². The molecule has 0 spiro atoms. The number of benzene rings is 3. The lowest BCUT2D eigenvalue weighted by molar-refractivity contribution is -0.149. The van der Waals surface area contributed by atoms with E-state index in [1.54, 1.807) is 0 Å². The number of methoxy groups -OCH3 is 1. The van der Waals surface area contributed by atoms with E-state index in [9.17, 15) is 4.79 Å². The molecule has 5 atom stereocenters. The maximum Gasteiger partial charge on any atom is 0.151 e. The topological polar surface area (TPSA) is 54.0 Å². The van der Waals surface area contributed by atoms with E-state index in [-0.39, 0.29) is 17.9 Å². The summed E-state index contributed by atoms with van der Waals surface area (Å²) in [6.45, 7) is 6.08. The van der Waals surface area contributed by atoms with Gasteiger partial charge in [-0.1, -0.05) is 105 Å². The lowest BCUT2D eigenvalue weighted by Gasteiger charge is -2.36. The maximum atomic E-state index is 11.9. The first-order valence-corrected chi connectivity index (χ1v) is 12.5. The van der Waals surface area contributed by atoms with Crippen LogP contribution in [0.1, 0.15) is 30.5 Å². The van der Waals surface area contributed by atoms with E-state index in [0.29, 0.717) is 26.4 Å². The van der Waals surface area contributed by atoms with Gasteiger partial charge in [0.25, 0.3) is 0 Å². The van der Waals surface area contributed by atoms with E-state index in [1.165, 1.54) is 7.11 Å². The molecule has 0 aromatic heterocycles. The molecule has 0 aliphatic carbocycles. The Labute approximate surface area is 215 Å². The first-order valence-electron chi connectivity index (χ1n) is 12.5. The first kappa shape index (κ1) is 27.8. The van der Waals surface area contributed by atoms with Crippen LogP contribution in [-0.2, 0) is 43.6 Å². The Bertz CT molecular complexity index is 980. The summed E-state index contributed by atoms with van der Waals surface area (Å²) in [4.78, 5) is 11.9. The average molecular weight is 491 g/mol. The molecule has 0 fully saturated rings. The van der Waals surface area contributed by atoms with Gasteiger partial charge in [0.1, 0.15) is 6.10 Å². The molecule has 0 N–H and O–H groups in total. The summed E-state index contributed by atoms with van der Waals surface area (Å²) >= 11 is 0. The highest BCUT2D eigenvalue weighted by molar-refractivity contribution is 5.57. The Balaban J connectivity index is 1.73. The molecule has 5 heteroatoms. The van der Waals surface area contributed by atoms with Crippen LogP contribution in [0.3, 0.4) is 0 Å². The second-order valence-corrected chi connectivity index (χ2v) is 9.20. The molecule has 36 heavy (non-hydrogen) atoms. The van der Waals surface area contributed by atoms with Gasteiger partial charge in [-0.25, -0.2) is 0 Å². The van der Waals surface area contributed by atoms with E-state index < -0.39 is 12.2 Å². The molecule has 5 nitrogen and oxygen atoms in total. The molecular weight excluding hydrogens is 452 g/mol. The second-order valence-electron chi connectivity index (χ2n) is 9.20. The number of rotatable bonds is 16. The zero-order chi connectivity index (χ0) is 25.6. The van der Waals surface area contributed by atoms with Crippen molar-refractivity contribution >= 4 is 6.29 Å². The van der Waals surface area contributed by atoms with Crippen molar-refractivity contribution in [3.05, 3.63) is 108 Å². The van der Waals surface area contributed by atoms with E-state index in [1.807, 2.05) is 78.9 Å². The van der Waals surface area contributed by atoms with Crippen LogP contribution in [-0.4, -0.2) is 38.3 Å². The number of carbonyl (C=O) groups is 1. The minimum atomic E-state index is -0.705. The highest BCUT2D eigenvalue weighted by atomic mass is 16.5. The average Bonchev–Trinajstić information content (AvgIpc) is 2.93.